The summed E-state index contributed by atoms with van der Waals surface area (Å²) in [4.78, 5) is 11.5. The minimum Gasteiger partial charge on any atom is -0.493 e. The molecule has 5 rings (SSSR count). The first-order valence-electron chi connectivity index (χ1n) is 10.7. The monoisotopic (exact) mass is 473 g/mol. The summed E-state index contributed by atoms with van der Waals surface area (Å²) in [5.74, 6) is 3.79. The molecule has 0 aliphatic heterocycles. The highest BCUT2D eigenvalue weighted by Crippen LogP contribution is 2.35. The Balaban J connectivity index is 1.39. The minimum absolute atomic E-state index is 0.524. The SMILES string of the molecule is COc1cc2nc(C)nc(NCc3ccc(-c4cccc(-c5nnc(C)o5)c4)s3)c2cc1OC. The van der Waals surface area contributed by atoms with Crippen LogP contribution >= 0.6 is 11.3 Å². The molecule has 3 heterocycles. The van der Waals surface area contributed by atoms with Gasteiger partial charge in [0.05, 0.1) is 26.3 Å². The summed E-state index contributed by atoms with van der Waals surface area (Å²) < 4.78 is 16.5. The predicted octanol–water partition coefficient (Wildman–Crippen LogP) is 5.65. The molecule has 0 fully saturated rings. The fraction of sp³-hybridized carbons (Fsp3) is 0.200. The van der Waals surface area contributed by atoms with Crippen molar-refractivity contribution in [3.05, 3.63) is 65.1 Å². The Morgan fingerprint density at radius 1 is 0.912 bits per heavy atom. The number of aromatic nitrogens is 4. The Bertz CT molecular complexity index is 1480. The molecule has 172 valence electrons. The van der Waals surface area contributed by atoms with Gasteiger partial charge in [-0.15, -0.1) is 21.5 Å². The van der Waals surface area contributed by atoms with Crippen molar-refractivity contribution in [3.63, 3.8) is 0 Å². The molecule has 8 nitrogen and oxygen atoms in total. The van der Waals surface area contributed by atoms with Gasteiger partial charge in [0.2, 0.25) is 11.8 Å². The van der Waals surface area contributed by atoms with Crippen molar-refractivity contribution in [3.8, 4) is 33.4 Å². The summed E-state index contributed by atoms with van der Waals surface area (Å²) >= 11 is 1.72. The van der Waals surface area contributed by atoms with Crippen molar-refractivity contribution < 1.29 is 13.9 Å². The Kier molecular flexibility index (Phi) is 5.85. The van der Waals surface area contributed by atoms with E-state index in [0.717, 1.165) is 32.7 Å². The molecular weight excluding hydrogens is 450 g/mol. The van der Waals surface area contributed by atoms with E-state index in [9.17, 15) is 0 Å². The number of aryl methyl sites for hydroxylation is 2. The molecule has 0 aliphatic rings. The molecule has 1 N–H and O–H groups in total. The second-order valence-electron chi connectivity index (χ2n) is 7.67. The lowest BCUT2D eigenvalue weighted by molar-refractivity contribution is 0.356. The van der Waals surface area contributed by atoms with Gasteiger partial charge in [-0.05, 0) is 42.8 Å². The van der Waals surface area contributed by atoms with Crippen molar-refractivity contribution in [2.24, 2.45) is 0 Å². The molecule has 0 radical (unpaired) electrons. The maximum absolute atomic E-state index is 5.57. The van der Waals surface area contributed by atoms with E-state index in [2.05, 4.69) is 49.7 Å². The molecule has 9 heteroatoms. The lowest BCUT2D eigenvalue weighted by Crippen LogP contribution is -2.04. The number of nitrogens with one attached hydrogen (secondary N) is 1. The highest BCUT2D eigenvalue weighted by Gasteiger charge is 2.13. The third kappa shape index (κ3) is 4.29. The van der Waals surface area contributed by atoms with Crippen molar-refractivity contribution in [1.82, 2.24) is 20.2 Å². The van der Waals surface area contributed by atoms with Gasteiger partial charge in [0.1, 0.15) is 11.6 Å². The summed E-state index contributed by atoms with van der Waals surface area (Å²) in [5, 5.41) is 12.4. The van der Waals surface area contributed by atoms with Crippen molar-refractivity contribution in [1.29, 1.82) is 0 Å². The molecule has 0 saturated heterocycles. The third-order valence-corrected chi connectivity index (χ3v) is 6.46. The van der Waals surface area contributed by atoms with E-state index in [1.165, 1.54) is 4.88 Å². The number of anilines is 1. The first kappa shape index (κ1) is 21.8. The topological polar surface area (TPSA) is 95.2 Å². The number of nitrogens with zero attached hydrogens (tertiary/aromatic N) is 4. The number of hydrogen-bond donors (Lipinski definition) is 1. The zero-order valence-corrected chi connectivity index (χ0v) is 20.1. The predicted molar refractivity (Wildman–Crippen MR) is 132 cm³/mol. The summed E-state index contributed by atoms with van der Waals surface area (Å²) in [6.45, 7) is 4.30. The molecule has 0 amide bonds. The second kappa shape index (κ2) is 9.11. The van der Waals surface area contributed by atoms with Gasteiger partial charge in [-0.1, -0.05) is 12.1 Å². The Labute approximate surface area is 200 Å². The quantitative estimate of drug-likeness (QED) is 0.324. The van der Waals surface area contributed by atoms with Gasteiger partial charge in [0, 0.05) is 33.7 Å². The summed E-state index contributed by atoms with van der Waals surface area (Å²) in [6.07, 6.45) is 0. The first-order chi connectivity index (χ1) is 16.5. The van der Waals surface area contributed by atoms with Gasteiger partial charge in [-0.3, -0.25) is 0 Å². The first-order valence-corrected chi connectivity index (χ1v) is 11.5. The molecule has 34 heavy (non-hydrogen) atoms. The van der Waals surface area contributed by atoms with Crippen LogP contribution < -0.4 is 14.8 Å². The number of hydrogen-bond acceptors (Lipinski definition) is 9. The number of ether oxygens (including phenoxy) is 2. The van der Waals surface area contributed by atoms with E-state index in [4.69, 9.17) is 13.9 Å². The van der Waals surface area contributed by atoms with Crippen LogP contribution in [0.2, 0.25) is 0 Å². The third-order valence-electron chi connectivity index (χ3n) is 5.32. The smallest absolute Gasteiger partial charge is 0.247 e. The average Bonchev–Trinajstić information content (AvgIpc) is 3.51. The second-order valence-corrected chi connectivity index (χ2v) is 8.84. The lowest BCUT2D eigenvalue weighted by Gasteiger charge is -2.12. The van der Waals surface area contributed by atoms with Crippen LogP contribution in [-0.4, -0.2) is 34.4 Å². The van der Waals surface area contributed by atoms with Crippen LogP contribution in [0.3, 0.4) is 0 Å². The molecule has 0 saturated carbocycles. The average molecular weight is 474 g/mol. The number of rotatable bonds is 7. The molecule has 0 aliphatic carbocycles. The van der Waals surface area contributed by atoms with Gasteiger partial charge in [-0.25, -0.2) is 9.97 Å². The Morgan fingerprint density at radius 2 is 1.71 bits per heavy atom. The zero-order chi connectivity index (χ0) is 23.7. The van der Waals surface area contributed by atoms with Crippen molar-refractivity contribution >= 4 is 28.1 Å². The summed E-state index contributed by atoms with van der Waals surface area (Å²) in [5.41, 5.74) is 2.80. The number of methoxy groups -OCH3 is 2. The van der Waals surface area contributed by atoms with Crippen molar-refractivity contribution in [2.75, 3.05) is 19.5 Å². The summed E-state index contributed by atoms with van der Waals surface area (Å²) in [6, 6.07) is 16.1. The maximum atomic E-state index is 5.57. The van der Waals surface area contributed by atoms with E-state index in [1.54, 1.807) is 32.5 Å². The standard InChI is InChI=1S/C25H23N5O3S/c1-14-27-20-12-22(32-4)21(31-3)11-19(20)24(28-14)26-13-18-8-9-23(34-18)16-6-5-7-17(10-16)25-30-29-15(2)33-25/h5-12H,13H2,1-4H3,(H,26,27,28). The highest BCUT2D eigenvalue weighted by atomic mass is 32.1. The van der Waals surface area contributed by atoms with Crippen molar-refractivity contribution in [2.45, 2.75) is 20.4 Å². The maximum Gasteiger partial charge on any atom is 0.247 e. The van der Waals surface area contributed by atoms with Crippen LogP contribution in [0.25, 0.3) is 32.8 Å². The van der Waals surface area contributed by atoms with Crippen LogP contribution in [0.4, 0.5) is 5.82 Å². The molecule has 5 aromatic rings. The molecule has 0 unspecified atom stereocenters. The van der Waals surface area contributed by atoms with E-state index in [0.29, 0.717) is 35.6 Å². The van der Waals surface area contributed by atoms with E-state index in [1.807, 2.05) is 31.2 Å². The minimum atomic E-state index is 0.524. The number of thiophene rings is 1. The van der Waals surface area contributed by atoms with Gasteiger partial charge >= 0.3 is 0 Å². The van der Waals surface area contributed by atoms with Crippen LogP contribution in [-0.2, 0) is 6.54 Å². The number of benzene rings is 2. The fourth-order valence-corrected chi connectivity index (χ4v) is 4.67. The number of fused-ring (bicyclic) bond motifs is 1. The molecule has 0 spiro atoms. The Hall–Kier alpha value is -3.98. The molecular formula is C25H23N5O3S. The highest BCUT2D eigenvalue weighted by molar-refractivity contribution is 7.15. The molecule has 3 aromatic heterocycles. The fourth-order valence-electron chi connectivity index (χ4n) is 3.72. The molecule has 0 atom stereocenters. The van der Waals surface area contributed by atoms with Crippen LogP contribution in [0.5, 0.6) is 11.5 Å². The molecule has 0 bridgehead atoms. The van der Waals surface area contributed by atoms with Crippen LogP contribution in [0.15, 0.2) is 52.9 Å². The van der Waals surface area contributed by atoms with E-state index in [-0.39, 0.29) is 0 Å². The largest absolute Gasteiger partial charge is 0.493 e. The van der Waals surface area contributed by atoms with Gasteiger partial charge in [0.25, 0.3) is 0 Å². The van der Waals surface area contributed by atoms with Gasteiger partial charge in [-0.2, -0.15) is 0 Å². The summed E-state index contributed by atoms with van der Waals surface area (Å²) in [7, 11) is 3.23. The Morgan fingerprint density at radius 3 is 2.47 bits per heavy atom. The van der Waals surface area contributed by atoms with Crippen LogP contribution in [0.1, 0.15) is 16.6 Å². The van der Waals surface area contributed by atoms with E-state index >= 15 is 0 Å². The normalized spacial score (nSPS) is 11.1. The molecule has 2 aromatic carbocycles. The zero-order valence-electron chi connectivity index (χ0n) is 19.2. The van der Waals surface area contributed by atoms with Gasteiger partial charge in [0.15, 0.2) is 11.5 Å². The lowest BCUT2D eigenvalue weighted by atomic mass is 10.1. The van der Waals surface area contributed by atoms with Gasteiger partial charge < -0.3 is 19.2 Å². The van der Waals surface area contributed by atoms with E-state index < -0.39 is 0 Å². The van der Waals surface area contributed by atoms with Crippen LogP contribution in [0, 0.1) is 13.8 Å².